The van der Waals surface area contributed by atoms with E-state index in [1.165, 1.54) is 16.7 Å². The van der Waals surface area contributed by atoms with E-state index in [4.69, 9.17) is 0 Å². The normalized spacial score (nSPS) is 10.9. The zero-order valence-corrected chi connectivity index (χ0v) is 16.8. The van der Waals surface area contributed by atoms with Crippen LogP contribution in [0, 0.1) is 41.5 Å². The Morgan fingerprint density at radius 1 is 0.680 bits per heavy atom. The van der Waals surface area contributed by atoms with Crippen LogP contribution in [0.5, 0.6) is 0 Å². The van der Waals surface area contributed by atoms with Gasteiger partial charge in [-0.1, -0.05) is 0 Å². The largest absolute Gasteiger partial charge is 0.355 e. The van der Waals surface area contributed by atoms with E-state index in [0.717, 1.165) is 27.5 Å². The van der Waals surface area contributed by atoms with Gasteiger partial charge >= 0.3 is 0 Å². The topological polar surface area (TPSA) is 49.4 Å². The summed E-state index contributed by atoms with van der Waals surface area (Å²) >= 11 is 0. The molecule has 134 valence electrons. The molecule has 0 radical (unpaired) electrons. The zero-order valence-electron chi connectivity index (χ0n) is 16.8. The van der Waals surface area contributed by atoms with Crippen molar-refractivity contribution in [3.8, 4) is 0 Å². The first-order chi connectivity index (χ1) is 11.6. The highest BCUT2D eigenvalue weighted by atomic mass is 16.2. The summed E-state index contributed by atoms with van der Waals surface area (Å²) < 4.78 is 0. The van der Waals surface area contributed by atoms with E-state index in [1.807, 2.05) is 20.8 Å². The lowest BCUT2D eigenvalue weighted by molar-refractivity contribution is 0.0820. The van der Waals surface area contributed by atoms with Crippen LogP contribution in [-0.4, -0.2) is 37.9 Å². The predicted octanol–water partition coefficient (Wildman–Crippen LogP) is 3.75. The summed E-state index contributed by atoms with van der Waals surface area (Å²) in [6.45, 7) is 12.3. The first kappa shape index (κ1) is 19.0. The molecule has 0 aliphatic heterocycles. The molecular weight excluding hydrogens is 312 g/mol. The van der Waals surface area contributed by atoms with Gasteiger partial charge in [-0.25, -0.2) is 0 Å². The van der Waals surface area contributed by atoms with Crippen LogP contribution >= 0.6 is 0 Å². The fourth-order valence-corrected chi connectivity index (χ4v) is 3.63. The van der Waals surface area contributed by atoms with Crippen molar-refractivity contribution >= 4 is 22.6 Å². The Kier molecular flexibility index (Phi) is 4.94. The monoisotopic (exact) mass is 340 g/mol. The number of amides is 2. The van der Waals surface area contributed by atoms with Crippen molar-refractivity contribution in [1.29, 1.82) is 0 Å². The number of carbonyl (C=O) groups excluding carboxylic acids is 2. The quantitative estimate of drug-likeness (QED) is 0.905. The highest BCUT2D eigenvalue weighted by molar-refractivity contribution is 6.18. The van der Waals surface area contributed by atoms with E-state index in [9.17, 15) is 9.59 Å². The van der Waals surface area contributed by atoms with Gasteiger partial charge in [-0.3, -0.25) is 9.59 Å². The molecule has 0 saturated carbocycles. The SMILES string of the molecule is CNC(=O)c1c(C)c(C)c2c(C)c(C)c(C)c(C)c2c1C(=O)N(C)C. The van der Waals surface area contributed by atoms with Gasteiger partial charge in [0.15, 0.2) is 0 Å². The van der Waals surface area contributed by atoms with Crippen molar-refractivity contribution in [3.05, 3.63) is 44.5 Å². The fraction of sp³-hybridized carbons (Fsp3) is 0.429. The Labute approximate surface area is 150 Å². The van der Waals surface area contributed by atoms with Crippen LogP contribution in [0.4, 0.5) is 0 Å². The second-order valence-corrected chi connectivity index (χ2v) is 7.03. The molecule has 0 atom stereocenters. The average Bonchev–Trinajstić information content (AvgIpc) is 2.58. The Morgan fingerprint density at radius 2 is 1.12 bits per heavy atom. The predicted molar refractivity (Wildman–Crippen MR) is 104 cm³/mol. The first-order valence-corrected chi connectivity index (χ1v) is 8.53. The van der Waals surface area contributed by atoms with Gasteiger partial charge in [-0.15, -0.1) is 0 Å². The molecule has 0 spiro atoms. The minimum absolute atomic E-state index is 0.141. The third kappa shape index (κ3) is 2.70. The molecule has 0 fully saturated rings. The Balaban J connectivity index is 3.26. The van der Waals surface area contributed by atoms with Crippen molar-refractivity contribution in [3.63, 3.8) is 0 Å². The fourth-order valence-electron chi connectivity index (χ4n) is 3.63. The summed E-state index contributed by atoms with van der Waals surface area (Å²) in [7, 11) is 5.05. The Bertz CT molecular complexity index is 909. The smallest absolute Gasteiger partial charge is 0.254 e. The van der Waals surface area contributed by atoms with E-state index in [-0.39, 0.29) is 11.8 Å². The molecule has 0 bridgehead atoms. The van der Waals surface area contributed by atoms with E-state index < -0.39 is 0 Å². The molecule has 2 amide bonds. The summed E-state index contributed by atoms with van der Waals surface area (Å²) in [5.41, 5.74) is 7.57. The van der Waals surface area contributed by atoms with E-state index in [2.05, 4.69) is 26.1 Å². The molecule has 2 aromatic rings. The average molecular weight is 340 g/mol. The van der Waals surface area contributed by atoms with Crippen molar-refractivity contribution in [2.45, 2.75) is 41.5 Å². The van der Waals surface area contributed by atoms with Crippen LogP contribution in [0.3, 0.4) is 0 Å². The number of benzene rings is 2. The molecule has 2 aromatic carbocycles. The maximum Gasteiger partial charge on any atom is 0.254 e. The first-order valence-electron chi connectivity index (χ1n) is 8.53. The minimum atomic E-state index is -0.219. The second kappa shape index (κ2) is 6.51. The zero-order chi connectivity index (χ0) is 19.2. The number of carbonyl (C=O) groups is 2. The number of fused-ring (bicyclic) bond motifs is 1. The summed E-state index contributed by atoms with van der Waals surface area (Å²) in [6.07, 6.45) is 0. The van der Waals surface area contributed by atoms with Gasteiger partial charge in [-0.05, 0) is 85.7 Å². The number of rotatable bonds is 2. The van der Waals surface area contributed by atoms with Crippen LogP contribution in [0.25, 0.3) is 10.8 Å². The van der Waals surface area contributed by atoms with Gasteiger partial charge in [0.2, 0.25) is 0 Å². The number of nitrogens with one attached hydrogen (secondary N) is 1. The highest BCUT2D eigenvalue weighted by Gasteiger charge is 2.28. The number of hydrogen-bond acceptors (Lipinski definition) is 2. The van der Waals surface area contributed by atoms with Crippen LogP contribution in [0.15, 0.2) is 0 Å². The van der Waals surface area contributed by atoms with E-state index >= 15 is 0 Å². The van der Waals surface area contributed by atoms with Crippen LogP contribution in [0.1, 0.15) is 54.1 Å². The second-order valence-electron chi connectivity index (χ2n) is 7.03. The molecule has 4 heteroatoms. The van der Waals surface area contributed by atoms with E-state index in [0.29, 0.717) is 11.1 Å². The van der Waals surface area contributed by atoms with Crippen LogP contribution in [-0.2, 0) is 0 Å². The van der Waals surface area contributed by atoms with Crippen molar-refractivity contribution < 1.29 is 9.59 Å². The van der Waals surface area contributed by atoms with E-state index in [1.54, 1.807) is 26.0 Å². The summed E-state index contributed by atoms with van der Waals surface area (Å²) in [5, 5.41) is 4.70. The minimum Gasteiger partial charge on any atom is -0.355 e. The molecule has 0 heterocycles. The third-order valence-corrected chi connectivity index (χ3v) is 5.57. The third-order valence-electron chi connectivity index (χ3n) is 5.57. The summed E-state index contributed by atoms with van der Waals surface area (Å²) in [5.74, 6) is -0.361. The lowest BCUT2D eigenvalue weighted by Crippen LogP contribution is -2.29. The van der Waals surface area contributed by atoms with Crippen molar-refractivity contribution in [2.24, 2.45) is 0 Å². The molecule has 0 aliphatic carbocycles. The molecule has 2 rings (SSSR count). The molecule has 0 aromatic heterocycles. The number of hydrogen-bond donors (Lipinski definition) is 1. The Hall–Kier alpha value is -2.36. The van der Waals surface area contributed by atoms with Gasteiger partial charge in [0.25, 0.3) is 11.8 Å². The van der Waals surface area contributed by atoms with Gasteiger partial charge < -0.3 is 10.2 Å². The molecule has 25 heavy (non-hydrogen) atoms. The molecule has 0 aliphatic rings. The number of aryl methyl sites for hydroxylation is 3. The summed E-state index contributed by atoms with van der Waals surface area (Å²) in [4.78, 5) is 27.3. The van der Waals surface area contributed by atoms with Gasteiger partial charge in [0, 0.05) is 21.1 Å². The standard InChI is InChI=1S/C21H28N2O2/c1-10-11(2)13(4)17-16(12(10)3)14(5)15(6)18(20(24)22-7)19(17)21(25)23(8)9/h1-9H3,(H,22,24). The maximum atomic E-state index is 13.1. The molecule has 4 nitrogen and oxygen atoms in total. The van der Waals surface area contributed by atoms with Gasteiger partial charge in [-0.2, -0.15) is 0 Å². The van der Waals surface area contributed by atoms with Crippen molar-refractivity contribution in [1.82, 2.24) is 10.2 Å². The Morgan fingerprint density at radius 3 is 1.56 bits per heavy atom. The highest BCUT2D eigenvalue weighted by Crippen LogP contribution is 2.38. The van der Waals surface area contributed by atoms with Gasteiger partial charge in [0.05, 0.1) is 11.1 Å². The molecule has 0 saturated heterocycles. The maximum absolute atomic E-state index is 13.1. The molecule has 0 unspecified atom stereocenters. The van der Waals surface area contributed by atoms with Gasteiger partial charge in [0.1, 0.15) is 0 Å². The summed E-state index contributed by atoms with van der Waals surface area (Å²) in [6, 6.07) is 0. The molecular formula is C21H28N2O2. The molecule has 1 N–H and O–H groups in total. The lowest BCUT2D eigenvalue weighted by atomic mass is 9.82. The van der Waals surface area contributed by atoms with Crippen LogP contribution in [0.2, 0.25) is 0 Å². The van der Waals surface area contributed by atoms with Crippen LogP contribution < -0.4 is 5.32 Å². The van der Waals surface area contributed by atoms with Crippen molar-refractivity contribution in [2.75, 3.05) is 21.1 Å². The number of nitrogens with zero attached hydrogens (tertiary/aromatic N) is 1. The lowest BCUT2D eigenvalue weighted by Gasteiger charge is -2.24.